The number of hydrogen-bond acceptors (Lipinski definition) is 3. The highest BCUT2D eigenvalue weighted by molar-refractivity contribution is 8.90. The molecule has 0 radical (unpaired) electrons. The average Bonchev–Trinajstić information content (AvgIpc) is 2.33. The normalized spacial score (nSPS) is 39.4. The van der Waals surface area contributed by atoms with Crippen molar-refractivity contribution in [2.45, 2.75) is 11.7 Å². The van der Waals surface area contributed by atoms with E-state index in [1.807, 2.05) is 6.26 Å². The summed E-state index contributed by atoms with van der Waals surface area (Å²) >= 11 is 2.97. The standard InChI is InChI=1S/C6H9OPS2/c1-3-6-4-5-8(7,9-2)10-6/h1,6H,4-5H2,2H3. The van der Waals surface area contributed by atoms with Gasteiger partial charge in [-0.3, -0.25) is 0 Å². The zero-order chi connectivity index (χ0) is 7.61. The van der Waals surface area contributed by atoms with Crippen molar-refractivity contribution in [3.8, 4) is 12.3 Å². The maximum absolute atomic E-state index is 11.6. The molecule has 10 heavy (non-hydrogen) atoms. The summed E-state index contributed by atoms with van der Waals surface area (Å²) in [6.45, 7) is 0. The van der Waals surface area contributed by atoms with Crippen molar-refractivity contribution in [2.75, 3.05) is 12.4 Å². The van der Waals surface area contributed by atoms with Crippen LogP contribution < -0.4 is 0 Å². The van der Waals surface area contributed by atoms with E-state index in [-0.39, 0.29) is 5.25 Å². The van der Waals surface area contributed by atoms with Crippen molar-refractivity contribution < 1.29 is 4.57 Å². The lowest BCUT2D eigenvalue weighted by Crippen LogP contribution is -1.88. The van der Waals surface area contributed by atoms with Crippen LogP contribution in [-0.2, 0) is 4.57 Å². The summed E-state index contributed by atoms with van der Waals surface area (Å²) in [6.07, 6.45) is 8.85. The third-order valence-electron chi connectivity index (χ3n) is 1.42. The van der Waals surface area contributed by atoms with Crippen molar-refractivity contribution in [1.29, 1.82) is 0 Å². The summed E-state index contributed by atoms with van der Waals surface area (Å²) in [5, 5.41) is 0.207. The third-order valence-corrected chi connectivity index (χ3v) is 10.3. The lowest BCUT2D eigenvalue weighted by Gasteiger charge is -2.03. The molecule has 1 rings (SSSR count). The highest BCUT2D eigenvalue weighted by atomic mass is 33.1. The maximum atomic E-state index is 11.6. The van der Waals surface area contributed by atoms with Gasteiger partial charge in [-0.25, -0.2) is 0 Å². The highest BCUT2D eigenvalue weighted by Gasteiger charge is 2.33. The van der Waals surface area contributed by atoms with Gasteiger partial charge < -0.3 is 4.57 Å². The first-order chi connectivity index (χ1) is 4.70. The van der Waals surface area contributed by atoms with Crippen molar-refractivity contribution in [1.82, 2.24) is 0 Å². The van der Waals surface area contributed by atoms with E-state index in [9.17, 15) is 4.57 Å². The SMILES string of the molecule is C#CC1CCP(=O)(SC)S1. The van der Waals surface area contributed by atoms with E-state index in [4.69, 9.17) is 6.42 Å². The van der Waals surface area contributed by atoms with E-state index >= 15 is 0 Å². The Balaban J connectivity index is 2.60. The highest BCUT2D eigenvalue weighted by Crippen LogP contribution is 2.73. The zero-order valence-electron chi connectivity index (χ0n) is 5.74. The van der Waals surface area contributed by atoms with E-state index in [0.717, 1.165) is 12.6 Å². The smallest absolute Gasteiger partial charge is 0.192 e. The van der Waals surface area contributed by atoms with Crippen LogP contribution in [0.2, 0.25) is 0 Å². The lowest BCUT2D eigenvalue weighted by molar-refractivity contribution is 0.594. The number of terminal acetylenes is 1. The molecule has 0 amide bonds. The molecule has 2 unspecified atom stereocenters. The summed E-state index contributed by atoms with van der Waals surface area (Å²) in [6, 6.07) is 0. The van der Waals surface area contributed by atoms with E-state index in [1.165, 1.54) is 22.8 Å². The molecule has 0 aromatic heterocycles. The molecule has 1 heterocycles. The van der Waals surface area contributed by atoms with Crippen molar-refractivity contribution in [3.05, 3.63) is 0 Å². The van der Waals surface area contributed by atoms with Crippen LogP contribution in [0.15, 0.2) is 0 Å². The van der Waals surface area contributed by atoms with Gasteiger partial charge in [0.15, 0.2) is 5.55 Å². The minimum Gasteiger partial charge on any atom is -0.300 e. The van der Waals surface area contributed by atoms with Gasteiger partial charge in [0.2, 0.25) is 0 Å². The molecular formula is C6H9OPS2. The maximum Gasteiger partial charge on any atom is 0.192 e. The molecule has 0 aromatic carbocycles. The van der Waals surface area contributed by atoms with Crippen LogP contribution in [-0.4, -0.2) is 17.7 Å². The van der Waals surface area contributed by atoms with Gasteiger partial charge in [-0.2, -0.15) is 0 Å². The fourth-order valence-electron chi connectivity index (χ4n) is 0.823. The molecule has 1 aliphatic rings. The van der Waals surface area contributed by atoms with Crippen LogP contribution in [0.4, 0.5) is 0 Å². The molecule has 0 spiro atoms. The van der Waals surface area contributed by atoms with Gasteiger partial charge in [-0.05, 0) is 12.7 Å². The van der Waals surface area contributed by atoms with Gasteiger partial charge >= 0.3 is 0 Å². The largest absolute Gasteiger partial charge is 0.300 e. The van der Waals surface area contributed by atoms with Crippen LogP contribution in [0.5, 0.6) is 0 Å². The first kappa shape index (κ1) is 8.59. The summed E-state index contributed by atoms with van der Waals surface area (Å²) < 4.78 is 11.6. The van der Waals surface area contributed by atoms with Gasteiger partial charge in [0.1, 0.15) is 0 Å². The second-order valence-electron chi connectivity index (χ2n) is 2.07. The Morgan fingerprint density at radius 1 is 1.90 bits per heavy atom. The molecule has 1 nitrogen and oxygen atoms in total. The van der Waals surface area contributed by atoms with Gasteiger partial charge in [-0.1, -0.05) is 28.7 Å². The molecule has 0 aliphatic carbocycles. The summed E-state index contributed by atoms with van der Waals surface area (Å²) in [4.78, 5) is 0. The van der Waals surface area contributed by atoms with Crippen LogP contribution in [0.3, 0.4) is 0 Å². The van der Waals surface area contributed by atoms with E-state index in [1.54, 1.807) is 0 Å². The monoisotopic (exact) mass is 192 g/mol. The molecule has 1 aliphatic heterocycles. The molecule has 1 saturated heterocycles. The molecule has 0 aromatic rings. The van der Waals surface area contributed by atoms with Gasteiger partial charge in [0.25, 0.3) is 0 Å². The molecule has 0 N–H and O–H groups in total. The first-order valence-electron chi connectivity index (χ1n) is 2.99. The molecule has 1 fully saturated rings. The van der Waals surface area contributed by atoms with Crippen molar-refractivity contribution >= 4 is 28.3 Å². The van der Waals surface area contributed by atoms with Crippen LogP contribution in [0, 0.1) is 12.3 Å². The number of rotatable bonds is 1. The molecule has 56 valence electrons. The first-order valence-corrected chi connectivity index (χ1v) is 8.20. The molecule has 0 saturated carbocycles. The average molecular weight is 192 g/mol. The second kappa shape index (κ2) is 3.26. The number of hydrogen-bond donors (Lipinski definition) is 0. The quantitative estimate of drug-likeness (QED) is 0.469. The Morgan fingerprint density at radius 2 is 2.60 bits per heavy atom. The molecular weight excluding hydrogens is 183 g/mol. The van der Waals surface area contributed by atoms with Crippen LogP contribution in [0.25, 0.3) is 0 Å². The minimum absolute atomic E-state index is 0.207. The fourth-order valence-corrected chi connectivity index (χ4v) is 7.74. The van der Waals surface area contributed by atoms with Crippen LogP contribution in [0.1, 0.15) is 6.42 Å². The van der Waals surface area contributed by atoms with E-state index < -0.39 is 5.55 Å². The van der Waals surface area contributed by atoms with E-state index in [0.29, 0.717) is 0 Å². The Morgan fingerprint density at radius 3 is 2.90 bits per heavy atom. The molecule has 4 heteroatoms. The summed E-state index contributed by atoms with van der Waals surface area (Å²) in [5.74, 6) is 2.63. The van der Waals surface area contributed by atoms with Crippen LogP contribution >= 0.6 is 28.3 Å². The van der Waals surface area contributed by atoms with Crippen molar-refractivity contribution in [3.63, 3.8) is 0 Å². The second-order valence-corrected chi connectivity index (χ2v) is 10.8. The van der Waals surface area contributed by atoms with Gasteiger partial charge in [-0.15, -0.1) is 6.42 Å². The predicted molar refractivity (Wildman–Crippen MR) is 50.8 cm³/mol. The molecule has 2 atom stereocenters. The minimum atomic E-state index is -1.93. The van der Waals surface area contributed by atoms with Gasteiger partial charge in [0, 0.05) is 6.16 Å². The van der Waals surface area contributed by atoms with Crippen molar-refractivity contribution in [2.24, 2.45) is 0 Å². The third kappa shape index (κ3) is 1.75. The fraction of sp³-hybridized carbons (Fsp3) is 0.667. The Labute approximate surface area is 69.6 Å². The zero-order valence-corrected chi connectivity index (χ0v) is 8.27. The van der Waals surface area contributed by atoms with Gasteiger partial charge in [0.05, 0.1) is 5.25 Å². The summed E-state index contributed by atoms with van der Waals surface area (Å²) in [5.41, 5.74) is -1.93. The lowest BCUT2D eigenvalue weighted by atomic mass is 10.3. The Hall–Kier alpha value is 0.490. The van der Waals surface area contributed by atoms with E-state index in [2.05, 4.69) is 5.92 Å². The molecule has 0 bridgehead atoms. The Bertz CT molecular complexity index is 208. The summed E-state index contributed by atoms with van der Waals surface area (Å²) in [7, 11) is 0. The Kier molecular flexibility index (Phi) is 2.80. The topological polar surface area (TPSA) is 17.1 Å². The predicted octanol–water partition coefficient (Wildman–Crippen LogP) is 2.68.